The highest BCUT2D eigenvalue weighted by atomic mass is 32.2. The fraction of sp³-hybridized carbons (Fsp3) is 0.667. The van der Waals surface area contributed by atoms with Crippen LogP contribution in [0.15, 0.2) is 11.6 Å². The van der Waals surface area contributed by atoms with Gasteiger partial charge in [-0.1, -0.05) is 19.3 Å². The van der Waals surface area contributed by atoms with E-state index < -0.39 is 0 Å². The first-order valence-corrected chi connectivity index (χ1v) is 8.12. The minimum atomic E-state index is 0.237. The second-order valence-electron chi connectivity index (χ2n) is 4.68. The minimum absolute atomic E-state index is 0.237. The van der Waals surface area contributed by atoms with E-state index in [0.29, 0.717) is 17.0 Å². The largest absolute Gasteiger partial charge is 0.274 e. The molecule has 2 aliphatic rings. The van der Waals surface area contributed by atoms with Crippen LogP contribution in [0.4, 0.5) is 5.13 Å². The average molecular weight is 268 g/mol. The Kier molecular flexibility index (Phi) is 3.38. The van der Waals surface area contributed by atoms with Crippen LogP contribution in [0.2, 0.25) is 0 Å². The van der Waals surface area contributed by atoms with Gasteiger partial charge >= 0.3 is 0 Å². The number of amides is 1. The molecule has 0 unspecified atom stereocenters. The second kappa shape index (κ2) is 4.98. The third-order valence-corrected chi connectivity index (χ3v) is 5.70. The normalized spacial score (nSPS) is 26.7. The van der Waals surface area contributed by atoms with Crippen molar-refractivity contribution in [3.8, 4) is 0 Å². The third kappa shape index (κ3) is 2.22. The zero-order valence-corrected chi connectivity index (χ0v) is 11.3. The molecular formula is C12H16N2OS2. The summed E-state index contributed by atoms with van der Waals surface area (Å²) in [7, 11) is 0. The molecule has 1 amide bonds. The number of rotatable bonds is 2. The first-order valence-electron chi connectivity index (χ1n) is 6.19. The lowest BCUT2D eigenvalue weighted by Crippen LogP contribution is -2.38. The molecule has 2 heterocycles. The van der Waals surface area contributed by atoms with E-state index in [2.05, 4.69) is 4.98 Å². The SMILES string of the molecule is O=C1CS[C@@H](C2CCCCC2)N1c1nccs1. The van der Waals surface area contributed by atoms with Crippen LogP contribution in [0.1, 0.15) is 32.1 Å². The topological polar surface area (TPSA) is 33.2 Å². The molecule has 1 aliphatic heterocycles. The smallest absolute Gasteiger partial charge is 0.239 e. The maximum atomic E-state index is 12.0. The van der Waals surface area contributed by atoms with Crippen LogP contribution in [-0.2, 0) is 4.79 Å². The van der Waals surface area contributed by atoms with Crippen molar-refractivity contribution < 1.29 is 4.79 Å². The van der Waals surface area contributed by atoms with Crippen LogP contribution < -0.4 is 4.90 Å². The number of carbonyl (C=O) groups is 1. The van der Waals surface area contributed by atoms with Crippen molar-refractivity contribution in [3.05, 3.63) is 11.6 Å². The lowest BCUT2D eigenvalue weighted by molar-refractivity contribution is -0.116. The Morgan fingerprint density at radius 3 is 2.82 bits per heavy atom. The maximum Gasteiger partial charge on any atom is 0.239 e. The Bertz CT molecular complexity index is 387. The van der Waals surface area contributed by atoms with Gasteiger partial charge in [0.15, 0.2) is 5.13 Å². The number of carbonyl (C=O) groups excluding carboxylic acids is 1. The Morgan fingerprint density at radius 2 is 2.12 bits per heavy atom. The summed E-state index contributed by atoms with van der Waals surface area (Å²) in [6.45, 7) is 0. The van der Waals surface area contributed by atoms with Crippen LogP contribution in [-0.4, -0.2) is 22.0 Å². The first kappa shape index (κ1) is 11.5. The highest BCUT2D eigenvalue weighted by Crippen LogP contribution is 2.41. The Morgan fingerprint density at radius 1 is 1.29 bits per heavy atom. The lowest BCUT2D eigenvalue weighted by atomic mass is 9.88. The van der Waals surface area contributed by atoms with Crippen molar-refractivity contribution in [1.29, 1.82) is 0 Å². The molecule has 17 heavy (non-hydrogen) atoms. The molecule has 0 N–H and O–H groups in total. The number of nitrogens with zero attached hydrogens (tertiary/aromatic N) is 2. The van der Waals surface area contributed by atoms with E-state index in [1.54, 1.807) is 29.3 Å². The van der Waals surface area contributed by atoms with E-state index in [0.717, 1.165) is 5.13 Å². The molecule has 1 aromatic rings. The summed E-state index contributed by atoms with van der Waals surface area (Å²) in [4.78, 5) is 18.3. The Hall–Kier alpha value is -0.550. The second-order valence-corrected chi connectivity index (χ2v) is 6.66. The molecule has 0 bridgehead atoms. The number of hydrogen-bond donors (Lipinski definition) is 0. The number of anilines is 1. The molecule has 5 heteroatoms. The Balaban J connectivity index is 1.81. The summed E-state index contributed by atoms with van der Waals surface area (Å²) in [5.74, 6) is 1.53. The minimum Gasteiger partial charge on any atom is -0.274 e. The van der Waals surface area contributed by atoms with E-state index in [1.165, 1.54) is 32.1 Å². The molecule has 92 valence electrons. The van der Waals surface area contributed by atoms with E-state index in [4.69, 9.17) is 0 Å². The fourth-order valence-corrected chi connectivity index (χ4v) is 4.88. The molecule has 1 saturated carbocycles. The average Bonchev–Trinajstić information content (AvgIpc) is 2.99. The number of aromatic nitrogens is 1. The summed E-state index contributed by atoms with van der Waals surface area (Å²) < 4.78 is 0. The molecule has 3 rings (SSSR count). The van der Waals surface area contributed by atoms with Gasteiger partial charge in [0.05, 0.1) is 11.1 Å². The van der Waals surface area contributed by atoms with Crippen LogP contribution in [0.25, 0.3) is 0 Å². The van der Waals surface area contributed by atoms with Gasteiger partial charge in [0.25, 0.3) is 0 Å². The molecule has 0 aromatic carbocycles. The molecule has 1 atom stereocenters. The van der Waals surface area contributed by atoms with Crippen molar-refractivity contribution in [2.45, 2.75) is 37.5 Å². The summed E-state index contributed by atoms with van der Waals surface area (Å²) in [5, 5.41) is 3.17. The van der Waals surface area contributed by atoms with Crippen LogP contribution >= 0.6 is 23.1 Å². The Labute approximate surface area is 110 Å². The van der Waals surface area contributed by atoms with Crippen LogP contribution in [0.5, 0.6) is 0 Å². The molecule has 3 nitrogen and oxygen atoms in total. The van der Waals surface area contributed by atoms with Gasteiger partial charge in [0.2, 0.25) is 5.91 Å². The fourth-order valence-electron chi connectivity index (χ4n) is 2.76. The lowest BCUT2D eigenvalue weighted by Gasteiger charge is -2.31. The summed E-state index contributed by atoms with van der Waals surface area (Å²) >= 11 is 3.38. The third-order valence-electron chi connectivity index (χ3n) is 3.58. The van der Waals surface area contributed by atoms with Crippen LogP contribution in [0, 0.1) is 5.92 Å². The van der Waals surface area contributed by atoms with Crippen molar-refractivity contribution in [2.24, 2.45) is 5.92 Å². The highest BCUT2D eigenvalue weighted by molar-refractivity contribution is 8.01. The van der Waals surface area contributed by atoms with Crippen molar-refractivity contribution in [3.63, 3.8) is 0 Å². The number of hydrogen-bond acceptors (Lipinski definition) is 4. The van der Waals surface area contributed by atoms with Gasteiger partial charge in [0, 0.05) is 11.6 Å². The van der Waals surface area contributed by atoms with Gasteiger partial charge < -0.3 is 0 Å². The van der Waals surface area contributed by atoms with E-state index in [1.807, 2.05) is 10.3 Å². The van der Waals surface area contributed by atoms with Crippen molar-refractivity contribution in [2.75, 3.05) is 10.7 Å². The quantitative estimate of drug-likeness (QED) is 0.826. The van der Waals surface area contributed by atoms with E-state index >= 15 is 0 Å². The van der Waals surface area contributed by atoms with Gasteiger partial charge in [0.1, 0.15) is 0 Å². The molecule has 1 aromatic heterocycles. The van der Waals surface area contributed by atoms with E-state index in [-0.39, 0.29) is 5.91 Å². The van der Waals surface area contributed by atoms with Gasteiger partial charge in [-0.25, -0.2) is 4.98 Å². The van der Waals surface area contributed by atoms with Crippen molar-refractivity contribution >= 4 is 34.1 Å². The molecule has 2 fully saturated rings. The zero-order chi connectivity index (χ0) is 11.7. The molecule has 0 radical (unpaired) electrons. The van der Waals surface area contributed by atoms with Gasteiger partial charge in [-0.05, 0) is 18.8 Å². The molecule has 1 saturated heterocycles. The molecular weight excluding hydrogens is 252 g/mol. The molecule has 1 aliphatic carbocycles. The zero-order valence-electron chi connectivity index (χ0n) is 9.67. The number of thiazole rings is 1. The first-order chi connectivity index (χ1) is 8.36. The van der Waals surface area contributed by atoms with Gasteiger partial charge in [-0.2, -0.15) is 0 Å². The van der Waals surface area contributed by atoms with Crippen molar-refractivity contribution in [1.82, 2.24) is 4.98 Å². The summed E-state index contributed by atoms with van der Waals surface area (Å²) in [6, 6.07) is 0. The van der Waals surface area contributed by atoms with E-state index in [9.17, 15) is 4.79 Å². The standard InChI is InChI=1S/C12H16N2OS2/c15-10-8-17-11(9-4-2-1-3-5-9)14(10)12-13-6-7-16-12/h6-7,9,11H,1-5,8H2/t11-/m0/s1. The molecule has 0 spiro atoms. The van der Waals surface area contributed by atoms with Gasteiger partial charge in [-0.15, -0.1) is 23.1 Å². The van der Waals surface area contributed by atoms with Gasteiger partial charge in [-0.3, -0.25) is 9.69 Å². The highest BCUT2D eigenvalue weighted by Gasteiger charge is 2.39. The summed E-state index contributed by atoms with van der Waals surface area (Å²) in [5.41, 5.74) is 0. The number of thioether (sulfide) groups is 1. The predicted octanol–water partition coefficient (Wildman–Crippen LogP) is 3.13. The predicted molar refractivity (Wildman–Crippen MR) is 72.4 cm³/mol. The maximum absolute atomic E-state index is 12.0. The van der Waals surface area contributed by atoms with Crippen LogP contribution in [0.3, 0.4) is 0 Å². The summed E-state index contributed by atoms with van der Waals surface area (Å²) in [6.07, 6.45) is 8.33. The monoisotopic (exact) mass is 268 g/mol.